The Morgan fingerprint density at radius 1 is 1.03 bits per heavy atom. The first-order valence-electron chi connectivity index (χ1n) is 9.57. The van der Waals surface area contributed by atoms with Gasteiger partial charge in [-0.2, -0.15) is 0 Å². The van der Waals surface area contributed by atoms with E-state index in [4.69, 9.17) is 10.2 Å². The number of aromatic nitrogens is 2. The molecule has 0 amide bonds. The minimum absolute atomic E-state index is 0.135. The number of para-hydroxylation sites is 2. The Balaban J connectivity index is 1.84. The number of nitrogens with zero attached hydrogens (tertiary/aromatic N) is 2. The van der Waals surface area contributed by atoms with E-state index in [-0.39, 0.29) is 6.04 Å². The average molecular weight is 381 g/mol. The number of rotatable bonds is 6. The van der Waals surface area contributed by atoms with Gasteiger partial charge in [0.1, 0.15) is 5.82 Å². The van der Waals surface area contributed by atoms with Crippen molar-refractivity contribution in [1.82, 2.24) is 15.0 Å². The van der Waals surface area contributed by atoms with Crippen molar-refractivity contribution in [2.75, 3.05) is 0 Å². The summed E-state index contributed by atoms with van der Waals surface area (Å²) in [6.07, 6.45) is 3.64. The third-order valence-electron chi connectivity index (χ3n) is 5.03. The van der Waals surface area contributed by atoms with Gasteiger partial charge in [0, 0.05) is 5.56 Å². The predicted molar refractivity (Wildman–Crippen MR) is 119 cm³/mol. The van der Waals surface area contributed by atoms with Gasteiger partial charge in [0.05, 0.1) is 22.8 Å². The van der Waals surface area contributed by atoms with Gasteiger partial charge in [0.15, 0.2) is 0 Å². The fraction of sp³-hybridized carbons (Fsp3) is 0.0800. The molecule has 4 nitrogen and oxygen atoms in total. The lowest BCUT2D eigenvalue weighted by atomic mass is 10.1. The van der Waals surface area contributed by atoms with Crippen LogP contribution in [0.15, 0.2) is 97.2 Å². The molecule has 0 spiro atoms. The van der Waals surface area contributed by atoms with Crippen molar-refractivity contribution in [1.29, 1.82) is 0 Å². The molecule has 0 aliphatic heterocycles. The minimum Gasteiger partial charge on any atom is -0.317 e. The highest BCUT2D eigenvalue weighted by Crippen LogP contribution is 2.31. The molecule has 29 heavy (non-hydrogen) atoms. The van der Waals surface area contributed by atoms with Crippen LogP contribution in [0.5, 0.6) is 0 Å². The Labute approximate surface area is 170 Å². The number of benzene rings is 3. The van der Waals surface area contributed by atoms with E-state index in [9.17, 15) is 0 Å². The van der Waals surface area contributed by atoms with Crippen molar-refractivity contribution in [3.8, 4) is 11.4 Å². The highest BCUT2D eigenvalue weighted by Gasteiger charge is 2.18. The van der Waals surface area contributed by atoms with E-state index in [0.717, 1.165) is 28.0 Å². The van der Waals surface area contributed by atoms with Crippen molar-refractivity contribution in [3.05, 3.63) is 108 Å². The van der Waals surface area contributed by atoms with E-state index in [1.165, 1.54) is 5.56 Å². The molecule has 144 valence electrons. The van der Waals surface area contributed by atoms with Crippen LogP contribution in [0, 0.1) is 0 Å². The van der Waals surface area contributed by atoms with Crippen LogP contribution in [-0.2, 0) is 0 Å². The summed E-state index contributed by atoms with van der Waals surface area (Å²) in [6, 6.07) is 27.0. The fourth-order valence-electron chi connectivity index (χ4n) is 3.54. The van der Waals surface area contributed by atoms with E-state index >= 15 is 0 Å². The normalized spacial score (nSPS) is 12.3. The minimum atomic E-state index is 0.135. The zero-order valence-electron chi connectivity index (χ0n) is 16.3. The molecule has 0 radical (unpaired) electrons. The number of imidazole rings is 1. The van der Waals surface area contributed by atoms with Crippen LogP contribution in [-0.4, -0.2) is 14.8 Å². The maximum Gasteiger partial charge on any atom is 0.141 e. The van der Waals surface area contributed by atoms with Gasteiger partial charge in [0.25, 0.3) is 0 Å². The highest BCUT2D eigenvalue weighted by molar-refractivity contribution is 5.81. The molecule has 4 aromatic rings. The lowest BCUT2D eigenvalue weighted by Crippen LogP contribution is -2.08. The number of fused-ring (bicyclic) bond motifs is 1. The van der Waals surface area contributed by atoms with Crippen LogP contribution in [0.4, 0.5) is 0 Å². The average Bonchev–Trinajstić information content (AvgIpc) is 3.17. The van der Waals surface area contributed by atoms with Crippen LogP contribution in [0.2, 0.25) is 0 Å². The van der Waals surface area contributed by atoms with Crippen molar-refractivity contribution >= 4 is 17.1 Å². The zero-order valence-corrected chi connectivity index (χ0v) is 16.3. The van der Waals surface area contributed by atoms with E-state index in [2.05, 4.69) is 66.6 Å². The molecule has 3 aromatic carbocycles. The van der Waals surface area contributed by atoms with Gasteiger partial charge in [0.2, 0.25) is 0 Å². The van der Waals surface area contributed by atoms with E-state index < -0.39 is 0 Å². The monoisotopic (exact) mass is 381 g/mol. The Morgan fingerprint density at radius 2 is 1.79 bits per heavy atom. The van der Waals surface area contributed by atoms with E-state index in [1.54, 1.807) is 6.08 Å². The molecule has 0 aliphatic rings. The van der Waals surface area contributed by atoms with Gasteiger partial charge >= 0.3 is 0 Å². The zero-order chi connectivity index (χ0) is 20.2. The predicted octanol–water partition coefficient (Wildman–Crippen LogP) is 5.82. The summed E-state index contributed by atoms with van der Waals surface area (Å²) < 4.78 is 2.29. The second kappa shape index (κ2) is 8.17. The molecular formula is C25H23N3O. The summed E-state index contributed by atoms with van der Waals surface area (Å²) in [6.45, 7) is 5.91. The molecule has 1 atom stereocenters. The summed E-state index contributed by atoms with van der Waals surface area (Å²) in [5.74, 6) is 0.928. The van der Waals surface area contributed by atoms with Crippen LogP contribution in [0.3, 0.4) is 0 Å². The Kier molecular flexibility index (Phi) is 5.27. The molecular weight excluding hydrogens is 358 g/mol. The Hall–Kier alpha value is -3.63. The molecule has 1 aromatic heterocycles. The highest BCUT2D eigenvalue weighted by atomic mass is 16.5. The van der Waals surface area contributed by atoms with Gasteiger partial charge in [-0.25, -0.2) is 4.98 Å². The first-order chi connectivity index (χ1) is 14.2. The maximum absolute atomic E-state index is 8.92. The van der Waals surface area contributed by atoms with Crippen molar-refractivity contribution in [2.45, 2.75) is 13.0 Å². The quantitative estimate of drug-likeness (QED) is 0.327. The number of allylic oxidation sites excluding steroid dienone is 1. The van der Waals surface area contributed by atoms with Gasteiger partial charge < -0.3 is 4.57 Å². The number of hydroxylamine groups is 1. The van der Waals surface area contributed by atoms with Crippen molar-refractivity contribution in [2.24, 2.45) is 0 Å². The topological polar surface area (TPSA) is 50.1 Å². The Bertz CT molecular complexity index is 1180. The van der Waals surface area contributed by atoms with Crippen molar-refractivity contribution < 1.29 is 5.21 Å². The summed E-state index contributed by atoms with van der Waals surface area (Å²) in [5, 5.41) is 8.92. The smallest absolute Gasteiger partial charge is 0.141 e. The molecule has 4 heteroatoms. The standard InChI is InChI=1S/C25H23N3O/c1-18(27-29)15-16-20-9-8-12-22(17-20)25-26-23-13-6-7-14-24(23)28(25)19(2)21-10-4-3-5-11-21/h3-17,19,27,29H,1H2,2H3/b16-15+/t19-/m1/s1. The number of hydrogen-bond acceptors (Lipinski definition) is 3. The molecule has 0 saturated heterocycles. The SMILES string of the molecule is C=C(/C=C/c1cccc(-c2nc3ccccc3n2[C@H](C)c2ccccc2)c1)NO. The summed E-state index contributed by atoms with van der Waals surface area (Å²) in [7, 11) is 0. The third kappa shape index (κ3) is 3.84. The van der Waals surface area contributed by atoms with Crippen LogP contribution in [0.1, 0.15) is 24.1 Å². The molecule has 0 unspecified atom stereocenters. The van der Waals surface area contributed by atoms with Gasteiger partial charge in [-0.15, -0.1) is 0 Å². The number of nitrogens with one attached hydrogen (secondary N) is 1. The number of hydrogen-bond donors (Lipinski definition) is 2. The summed E-state index contributed by atoms with van der Waals surface area (Å²) >= 11 is 0. The van der Waals surface area contributed by atoms with E-state index in [1.807, 2.05) is 41.9 Å². The fourth-order valence-corrected chi connectivity index (χ4v) is 3.54. The summed E-state index contributed by atoms with van der Waals surface area (Å²) in [5.41, 5.74) is 7.83. The van der Waals surface area contributed by atoms with Crippen molar-refractivity contribution in [3.63, 3.8) is 0 Å². The largest absolute Gasteiger partial charge is 0.317 e. The first-order valence-corrected chi connectivity index (χ1v) is 9.57. The second-order valence-corrected chi connectivity index (χ2v) is 6.98. The van der Waals surface area contributed by atoms with Gasteiger partial charge in [-0.3, -0.25) is 10.7 Å². The molecule has 0 bridgehead atoms. The van der Waals surface area contributed by atoms with Crippen LogP contribution in [0.25, 0.3) is 28.5 Å². The first kappa shape index (κ1) is 18.7. The molecule has 0 aliphatic carbocycles. The third-order valence-corrected chi connectivity index (χ3v) is 5.03. The molecule has 0 saturated carbocycles. The molecule has 0 fully saturated rings. The molecule has 4 rings (SSSR count). The lowest BCUT2D eigenvalue weighted by Gasteiger charge is -2.18. The molecule has 1 heterocycles. The van der Waals surface area contributed by atoms with Crippen LogP contribution >= 0.6 is 0 Å². The van der Waals surface area contributed by atoms with Gasteiger partial charge in [-0.05, 0) is 42.3 Å². The summed E-state index contributed by atoms with van der Waals surface area (Å²) in [4.78, 5) is 4.95. The van der Waals surface area contributed by atoms with E-state index in [0.29, 0.717) is 5.70 Å². The lowest BCUT2D eigenvalue weighted by molar-refractivity contribution is 0.205. The van der Waals surface area contributed by atoms with Crippen LogP contribution < -0.4 is 5.48 Å². The molecule has 2 N–H and O–H groups in total. The Morgan fingerprint density at radius 3 is 2.59 bits per heavy atom. The second-order valence-electron chi connectivity index (χ2n) is 6.98. The van der Waals surface area contributed by atoms with Gasteiger partial charge in [-0.1, -0.05) is 73.3 Å². The maximum atomic E-state index is 8.92.